The molecule has 0 spiro atoms. The first-order valence-electron chi connectivity index (χ1n) is 6.72. The summed E-state index contributed by atoms with van der Waals surface area (Å²) in [5, 5.41) is 3.11. The second kappa shape index (κ2) is 6.53. The molecule has 104 valence electrons. The molecule has 1 N–H and O–H groups in total. The second-order valence-corrected chi connectivity index (χ2v) is 6.05. The van der Waals surface area contributed by atoms with E-state index >= 15 is 0 Å². The Morgan fingerprint density at radius 1 is 1.42 bits per heavy atom. The van der Waals surface area contributed by atoms with Gasteiger partial charge in [0.2, 0.25) is 0 Å². The van der Waals surface area contributed by atoms with Crippen LogP contribution in [0.1, 0.15) is 35.7 Å². The van der Waals surface area contributed by atoms with Crippen molar-refractivity contribution in [2.45, 2.75) is 32.7 Å². The van der Waals surface area contributed by atoms with Crippen molar-refractivity contribution >= 4 is 21.8 Å². The summed E-state index contributed by atoms with van der Waals surface area (Å²) in [4.78, 5) is 12.3. The van der Waals surface area contributed by atoms with Crippen molar-refractivity contribution in [1.82, 2.24) is 5.32 Å². The van der Waals surface area contributed by atoms with E-state index in [1.165, 1.54) is 0 Å². The van der Waals surface area contributed by atoms with Crippen LogP contribution in [0.4, 0.5) is 0 Å². The molecule has 1 heterocycles. The lowest BCUT2D eigenvalue weighted by Crippen LogP contribution is -2.40. The molecule has 0 bridgehead atoms. The first-order chi connectivity index (χ1) is 9.08. The van der Waals surface area contributed by atoms with Gasteiger partial charge in [-0.15, -0.1) is 0 Å². The van der Waals surface area contributed by atoms with Gasteiger partial charge in [-0.25, -0.2) is 0 Å². The molecule has 0 aromatic heterocycles. The maximum absolute atomic E-state index is 12.3. The largest absolute Gasteiger partial charge is 0.381 e. The van der Waals surface area contributed by atoms with Gasteiger partial charge in [0.25, 0.3) is 5.91 Å². The zero-order valence-corrected chi connectivity index (χ0v) is 13.0. The van der Waals surface area contributed by atoms with Crippen LogP contribution in [0.3, 0.4) is 0 Å². The van der Waals surface area contributed by atoms with Crippen LogP contribution in [-0.2, 0) is 4.74 Å². The van der Waals surface area contributed by atoms with E-state index in [0.717, 1.165) is 36.1 Å². The first-order valence-corrected chi connectivity index (χ1v) is 7.52. The highest BCUT2D eigenvalue weighted by Crippen LogP contribution is 2.21. The fraction of sp³-hybridized carbons (Fsp3) is 0.533. The summed E-state index contributed by atoms with van der Waals surface area (Å²) in [6, 6.07) is 6.01. The zero-order valence-electron chi connectivity index (χ0n) is 11.4. The van der Waals surface area contributed by atoms with E-state index in [9.17, 15) is 4.79 Å². The molecule has 2 rings (SSSR count). The molecule has 1 amide bonds. The zero-order chi connectivity index (χ0) is 13.8. The Morgan fingerprint density at radius 2 is 2.11 bits per heavy atom. The van der Waals surface area contributed by atoms with Gasteiger partial charge in [0, 0.05) is 23.7 Å². The smallest absolute Gasteiger partial charge is 0.252 e. The Kier molecular flexibility index (Phi) is 4.99. The van der Waals surface area contributed by atoms with Crippen LogP contribution in [0.5, 0.6) is 0 Å². The summed E-state index contributed by atoms with van der Waals surface area (Å²) in [6.45, 7) is 5.68. The molecule has 0 saturated carbocycles. The summed E-state index contributed by atoms with van der Waals surface area (Å²) in [7, 11) is 0. The molecule has 3 nitrogen and oxygen atoms in total. The summed E-state index contributed by atoms with van der Waals surface area (Å²) < 4.78 is 6.20. The lowest BCUT2D eigenvalue weighted by molar-refractivity contribution is 0.0538. The third kappa shape index (κ3) is 3.80. The van der Waals surface area contributed by atoms with Crippen molar-refractivity contribution in [1.29, 1.82) is 0 Å². The maximum atomic E-state index is 12.3. The van der Waals surface area contributed by atoms with Crippen LogP contribution >= 0.6 is 15.9 Å². The molecule has 19 heavy (non-hydrogen) atoms. The lowest BCUT2D eigenvalue weighted by Gasteiger charge is -2.28. The molecule has 1 fully saturated rings. The van der Waals surface area contributed by atoms with Crippen LogP contribution in [-0.4, -0.2) is 25.2 Å². The van der Waals surface area contributed by atoms with E-state index < -0.39 is 0 Å². The van der Waals surface area contributed by atoms with E-state index in [4.69, 9.17) is 4.74 Å². The van der Waals surface area contributed by atoms with Gasteiger partial charge < -0.3 is 10.1 Å². The van der Waals surface area contributed by atoms with Crippen molar-refractivity contribution in [2.24, 2.45) is 5.92 Å². The highest BCUT2D eigenvalue weighted by Gasteiger charge is 2.22. The van der Waals surface area contributed by atoms with Crippen molar-refractivity contribution in [3.8, 4) is 0 Å². The molecule has 1 aliphatic rings. The Morgan fingerprint density at radius 3 is 2.79 bits per heavy atom. The van der Waals surface area contributed by atoms with Gasteiger partial charge in [-0.3, -0.25) is 4.79 Å². The number of hydrogen-bond acceptors (Lipinski definition) is 2. The van der Waals surface area contributed by atoms with E-state index in [2.05, 4.69) is 28.2 Å². The van der Waals surface area contributed by atoms with Crippen LogP contribution in [0, 0.1) is 12.8 Å². The fourth-order valence-electron chi connectivity index (χ4n) is 2.43. The predicted molar refractivity (Wildman–Crippen MR) is 79.4 cm³/mol. The molecule has 1 aromatic carbocycles. The van der Waals surface area contributed by atoms with Gasteiger partial charge in [-0.2, -0.15) is 0 Å². The number of hydrogen-bond donors (Lipinski definition) is 1. The topological polar surface area (TPSA) is 38.3 Å². The van der Waals surface area contributed by atoms with Gasteiger partial charge in [0.05, 0.1) is 5.56 Å². The average molecular weight is 326 g/mol. The molecular weight excluding hydrogens is 306 g/mol. The van der Waals surface area contributed by atoms with Gasteiger partial charge in [0.15, 0.2) is 0 Å². The molecule has 1 atom stereocenters. The summed E-state index contributed by atoms with van der Waals surface area (Å²) >= 11 is 3.44. The van der Waals surface area contributed by atoms with Gasteiger partial charge in [-0.05, 0) is 60.7 Å². The van der Waals surface area contributed by atoms with Crippen LogP contribution in [0.15, 0.2) is 22.7 Å². The summed E-state index contributed by atoms with van der Waals surface area (Å²) in [6.07, 6.45) is 2.05. The van der Waals surface area contributed by atoms with E-state index in [1.54, 1.807) is 0 Å². The molecule has 1 unspecified atom stereocenters. The minimum atomic E-state index is -0.00503. The monoisotopic (exact) mass is 325 g/mol. The quantitative estimate of drug-likeness (QED) is 0.925. The van der Waals surface area contributed by atoms with E-state index in [0.29, 0.717) is 11.5 Å². The number of carbonyl (C=O) groups is 1. The van der Waals surface area contributed by atoms with Gasteiger partial charge >= 0.3 is 0 Å². The molecular formula is C15H20BrNO2. The minimum Gasteiger partial charge on any atom is -0.381 e. The highest BCUT2D eigenvalue weighted by molar-refractivity contribution is 9.10. The van der Waals surface area contributed by atoms with Crippen LogP contribution in [0.25, 0.3) is 0 Å². The highest BCUT2D eigenvalue weighted by atomic mass is 79.9. The van der Waals surface area contributed by atoms with Crippen molar-refractivity contribution in [3.63, 3.8) is 0 Å². The Bertz CT molecular complexity index is 455. The summed E-state index contributed by atoms with van der Waals surface area (Å²) in [5.74, 6) is 0.510. The normalized spacial score (nSPS) is 18.1. The Labute approximate surface area is 122 Å². The van der Waals surface area contributed by atoms with Crippen LogP contribution in [0.2, 0.25) is 0 Å². The van der Waals surface area contributed by atoms with E-state index in [-0.39, 0.29) is 11.9 Å². The molecule has 0 aliphatic carbocycles. The summed E-state index contributed by atoms with van der Waals surface area (Å²) in [5.41, 5.74) is 1.80. The number of halogens is 1. The number of ether oxygens (including phenoxy) is 1. The Balaban J connectivity index is 2.01. The number of benzene rings is 1. The number of nitrogens with one attached hydrogen (secondary N) is 1. The third-order valence-corrected chi connectivity index (χ3v) is 4.39. The SMILES string of the molecule is Cc1ccc(Br)c(C(=O)NC(C)C2CCOCC2)c1. The van der Waals surface area contributed by atoms with Gasteiger partial charge in [-0.1, -0.05) is 11.6 Å². The predicted octanol–water partition coefficient (Wildman–Crippen LogP) is 3.30. The molecule has 1 aromatic rings. The number of rotatable bonds is 3. The van der Waals surface area contributed by atoms with Crippen molar-refractivity contribution in [3.05, 3.63) is 33.8 Å². The molecule has 4 heteroatoms. The fourth-order valence-corrected chi connectivity index (χ4v) is 2.86. The van der Waals surface area contributed by atoms with Crippen molar-refractivity contribution in [2.75, 3.05) is 13.2 Å². The number of aryl methyl sites for hydroxylation is 1. The Hall–Kier alpha value is -0.870. The molecule has 1 saturated heterocycles. The third-order valence-electron chi connectivity index (χ3n) is 3.70. The second-order valence-electron chi connectivity index (χ2n) is 5.20. The average Bonchev–Trinajstić information content (AvgIpc) is 2.42. The van der Waals surface area contributed by atoms with E-state index in [1.807, 2.05) is 25.1 Å². The molecule has 1 aliphatic heterocycles. The van der Waals surface area contributed by atoms with Crippen molar-refractivity contribution < 1.29 is 9.53 Å². The standard InChI is InChI=1S/C15H20BrNO2/c1-10-3-4-14(16)13(9-10)15(18)17-11(2)12-5-7-19-8-6-12/h3-4,9,11-12H,5-8H2,1-2H3,(H,17,18). The number of amides is 1. The first kappa shape index (κ1) is 14.5. The molecule has 0 radical (unpaired) electrons. The van der Waals surface area contributed by atoms with Crippen LogP contribution < -0.4 is 5.32 Å². The maximum Gasteiger partial charge on any atom is 0.252 e. The minimum absolute atomic E-state index is 0.00503. The van der Waals surface area contributed by atoms with Gasteiger partial charge in [0.1, 0.15) is 0 Å². The lowest BCUT2D eigenvalue weighted by atomic mass is 9.92. The number of carbonyl (C=O) groups excluding carboxylic acids is 1.